The van der Waals surface area contributed by atoms with Gasteiger partial charge in [-0.2, -0.15) is 0 Å². The maximum atomic E-state index is 12.3. The molecule has 0 spiro atoms. The van der Waals surface area contributed by atoms with Crippen molar-refractivity contribution in [3.63, 3.8) is 0 Å². The highest BCUT2D eigenvalue weighted by atomic mass is 19.1. The van der Waals surface area contributed by atoms with Crippen LogP contribution in [-0.4, -0.2) is 41.8 Å². The summed E-state index contributed by atoms with van der Waals surface area (Å²) in [5.41, 5.74) is 7.21. The lowest BCUT2D eigenvalue weighted by molar-refractivity contribution is 0.0845. The highest BCUT2D eigenvalue weighted by Gasteiger charge is 2.13. The van der Waals surface area contributed by atoms with Crippen LogP contribution in [0.25, 0.3) is 11.1 Å². The molecular formula is C16H19FN2O4. The molecule has 0 aliphatic heterocycles. The van der Waals surface area contributed by atoms with Gasteiger partial charge in [0, 0.05) is 18.7 Å². The van der Waals surface area contributed by atoms with Gasteiger partial charge in [0.2, 0.25) is 0 Å². The molecule has 23 heavy (non-hydrogen) atoms. The zero-order valence-corrected chi connectivity index (χ0v) is 12.6. The predicted octanol–water partition coefficient (Wildman–Crippen LogP) is 2.10. The first-order valence-electron chi connectivity index (χ1n) is 6.96. The topological polar surface area (TPSA) is 108 Å². The van der Waals surface area contributed by atoms with E-state index in [1.165, 1.54) is 12.1 Å². The van der Waals surface area contributed by atoms with E-state index in [-0.39, 0.29) is 23.8 Å². The molecule has 124 valence electrons. The number of aliphatic hydroxyl groups excluding tert-OH is 1. The monoisotopic (exact) mass is 322 g/mol. The highest BCUT2D eigenvalue weighted by molar-refractivity contribution is 5.80. The van der Waals surface area contributed by atoms with Crippen LogP contribution in [0.5, 0.6) is 17.2 Å². The Morgan fingerprint density at radius 3 is 2.65 bits per heavy atom. The Bertz CT molecular complexity index is 694. The summed E-state index contributed by atoms with van der Waals surface area (Å²) in [5, 5.41) is 31.9. The van der Waals surface area contributed by atoms with Gasteiger partial charge in [-0.15, -0.1) is 0 Å². The first kappa shape index (κ1) is 16.7. The number of nitrogens with two attached hydrogens (primary N) is 1. The molecule has 2 aromatic carbocycles. The van der Waals surface area contributed by atoms with Gasteiger partial charge in [-0.1, -0.05) is 6.07 Å². The van der Waals surface area contributed by atoms with Gasteiger partial charge in [0.25, 0.3) is 0 Å². The van der Waals surface area contributed by atoms with E-state index < -0.39 is 12.8 Å². The van der Waals surface area contributed by atoms with Crippen molar-refractivity contribution in [2.75, 3.05) is 31.4 Å². The van der Waals surface area contributed by atoms with Crippen LogP contribution in [0.15, 0.2) is 30.3 Å². The summed E-state index contributed by atoms with van der Waals surface area (Å²) in [7, 11) is 1.69. The molecule has 0 heterocycles. The third kappa shape index (κ3) is 3.75. The Hall–Kier alpha value is -2.67. The minimum atomic E-state index is -1.21. The second-order valence-corrected chi connectivity index (χ2v) is 5.01. The molecule has 0 saturated heterocycles. The minimum absolute atomic E-state index is 0.0491. The van der Waals surface area contributed by atoms with Gasteiger partial charge in [-0.25, -0.2) is 4.39 Å². The summed E-state index contributed by atoms with van der Waals surface area (Å²) in [4.78, 5) is 0. The lowest BCUT2D eigenvalue weighted by atomic mass is 10.0. The summed E-state index contributed by atoms with van der Waals surface area (Å²) in [6.07, 6.45) is -1.21. The number of phenols is 2. The molecule has 7 heteroatoms. The summed E-state index contributed by atoms with van der Waals surface area (Å²) in [5.74, 6) is 0.136. The fourth-order valence-corrected chi connectivity index (χ4v) is 2.11. The number of anilines is 2. The predicted molar refractivity (Wildman–Crippen MR) is 86.6 cm³/mol. The number of ether oxygens (including phenoxy) is 1. The zero-order valence-electron chi connectivity index (χ0n) is 12.6. The van der Waals surface area contributed by atoms with E-state index in [4.69, 9.17) is 10.5 Å². The lowest BCUT2D eigenvalue weighted by Crippen LogP contribution is -2.19. The van der Waals surface area contributed by atoms with Crippen molar-refractivity contribution in [1.82, 2.24) is 0 Å². The van der Waals surface area contributed by atoms with E-state index in [1.54, 1.807) is 25.2 Å². The fourth-order valence-electron chi connectivity index (χ4n) is 2.11. The number of phenolic OH excluding ortho intramolecular Hbond substituents is 2. The quantitative estimate of drug-likeness (QED) is 0.317. The molecule has 0 fully saturated rings. The fraction of sp³-hybridized carbons (Fsp3) is 0.250. The van der Waals surface area contributed by atoms with E-state index in [0.717, 1.165) is 0 Å². The number of alkyl halides is 1. The van der Waals surface area contributed by atoms with E-state index in [2.05, 4.69) is 5.32 Å². The van der Waals surface area contributed by atoms with Crippen LogP contribution in [-0.2, 0) is 0 Å². The zero-order chi connectivity index (χ0) is 17.0. The average Bonchev–Trinajstić information content (AvgIpc) is 2.55. The van der Waals surface area contributed by atoms with Crippen molar-refractivity contribution in [3.8, 4) is 28.4 Å². The van der Waals surface area contributed by atoms with Crippen LogP contribution in [0.1, 0.15) is 0 Å². The first-order valence-corrected chi connectivity index (χ1v) is 6.96. The van der Waals surface area contributed by atoms with E-state index in [9.17, 15) is 19.7 Å². The van der Waals surface area contributed by atoms with E-state index in [0.29, 0.717) is 22.6 Å². The molecule has 6 N–H and O–H groups in total. The van der Waals surface area contributed by atoms with Crippen molar-refractivity contribution in [1.29, 1.82) is 0 Å². The SMILES string of the molecule is CNc1ccc(-c2cc(O)cc(N)c2O)cc1OCC(O)CF. The molecule has 2 rings (SSSR count). The van der Waals surface area contributed by atoms with Crippen molar-refractivity contribution in [3.05, 3.63) is 30.3 Å². The third-order valence-corrected chi connectivity index (χ3v) is 3.30. The number of hydrogen-bond donors (Lipinski definition) is 5. The van der Waals surface area contributed by atoms with Crippen molar-refractivity contribution < 1.29 is 24.4 Å². The van der Waals surface area contributed by atoms with Crippen LogP contribution in [0, 0.1) is 0 Å². The number of aromatic hydroxyl groups is 2. The number of hydrogen-bond acceptors (Lipinski definition) is 6. The van der Waals surface area contributed by atoms with Crippen LogP contribution >= 0.6 is 0 Å². The Morgan fingerprint density at radius 2 is 2.00 bits per heavy atom. The molecule has 2 aromatic rings. The molecule has 0 saturated carbocycles. The van der Waals surface area contributed by atoms with Crippen molar-refractivity contribution in [2.45, 2.75) is 6.10 Å². The molecular weight excluding hydrogens is 303 g/mol. The van der Waals surface area contributed by atoms with Crippen LogP contribution in [0.4, 0.5) is 15.8 Å². The number of rotatable bonds is 6. The van der Waals surface area contributed by atoms with Gasteiger partial charge in [0.1, 0.15) is 36.6 Å². The number of nitrogen functional groups attached to an aromatic ring is 1. The maximum Gasteiger partial charge on any atom is 0.146 e. The Labute approximate surface area is 132 Å². The summed E-state index contributed by atoms with van der Waals surface area (Å²) in [6.45, 7) is -1.11. The van der Waals surface area contributed by atoms with Crippen LogP contribution < -0.4 is 15.8 Å². The third-order valence-electron chi connectivity index (χ3n) is 3.30. The molecule has 0 radical (unpaired) electrons. The first-order chi connectivity index (χ1) is 11.0. The molecule has 6 nitrogen and oxygen atoms in total. The van der Waals surface area contributed by atoms with Gasteiger partial charge < -0.3 is 31.1 Å². The lowest BCUT2D eigenvalue weighted by Gasteiger charge is -2.15. The smallest absolute Gasteiger partial charge is 0.146 e. The molecule has 0 amide bonds. The molecule has 1 unspecified atom stereocenters. The number of benzene rings is 2. The van der Waals surface area contributed by atoms with Gasteiger partial charge >= 0.3 is 0 Å². The van der Waals surface area contributed by atoms with Crippen LogP contribution in [0.3, 0.4) is 0 Å². The number of halogens is 1. The Morgan fingerprint density at radius 1 is 1.26 bits per heavy atom. The molecule has 0 bridgehead atoms. The average molecular weight is 322 g/mol. The standard InChI is InChI=1S/C16H19FN2O4/c1-19-14-3-2-9(4-15(14)23-8-11(21)7-17)12-5-10(20)6-13(18)16(12)22/h2-6,11,19-22H,7-8,18H2,1H3. The second-order valence-electron chi connectivity index (χ2n) is 5.01. The second kappa shape index (κ2) is 7.06. The molecule has 0 aromatic heterocycles. The van der Waals surface area contributed by atoms with Gasteiger partial charge in [-0.05, 0) is 23.8 Å². The van der Waals surface area contributed by atoms with Crippen molar-refractivity contribution in [2.24, 2.45) is 0 Å². The summed E-state index contributed by atoms with van der Waals surface area (Å²) in [6, 6.07) is 7.63. The summed E-state index contributed by atoms with van der Waals surface area (Å²) < 4.78 is 17.8. The van der Waals surface area contributed by atoms with Crippen molar-refractivity contribution >= 4 is 11.4 Å². The van der Waals surface area contributed by atoms with E-state index >= 15 is 0 Å². The molecule has 1 atom stereocenters. The highest BCUT2D eigenvalue weighted by Crippen LogP contribution is 2.40. The number of nitrogens with one attached hydrogen (secondary N) is 1. The number of aliphatic hydroxyl groups is 1. The largest absolute Gasteiger partial charge is 0.508 e. The molecule has 0 aliphatic rings. The Balaban J connectivity index is 2.41. The van der Waals surface area contributed by atoms with Gasteiger partial charge in [-0.3, -0.25) is 0 Å². The normalized spacial score (nSPS) is 12.0. The molecule has 0 aliphatic carbocycles. The minimum Gasteiger partial charge on any atom is -0.508 e. The van der Waals surface area contributed by atoms with E-state index in [1.807, 2.05) is 0 Å². The maximum absolute atomic E-state index is 12.3. The van der Waals surface area contributed by atoms with Gasteiger partial charge in [0.15, 0.2) is 0 Å². The van der Waals surface area contributed by atoms with Gasteiger partial charge in [0.05, 0.1) is 11.4 Å². The van der Waals surface area contributed by atoms with Crippen LogP contribution in [0.2, 0.25) is 0 Å². The Kier molecular flexibility index (Phi) is 5.13. The summed E-state index contributed by atoms with van der Waals surface area (Å²) >= 11 is 0.